The molecule has 12 heavy (non-hydrogen) atoms. The standard InChI is InChI=1S/C9H12FN.ClH/c1-7(11)5-8-3-2-4-9(10)6-8;/h2-4,6-7H,5,11H2,1H3;1H. The highest BCUT2D eigenvalue weighted by Crippen LogP contribution is 2.04. The van der Waals surface area contributed by atoms with Gasteiger partial charge in [0.15, 0.2) is 0 Å². The third-order valence-corrected chi connectivity index (χ3v) is 1.45. The fraction of sp³-hybridized carbons (Fsp3) is 0.333. The second kappa shape index (κ2) is 5.12. The van der Waals surface area contributed by atoms with E-state index in [2.05, 4.69) is 0 Å². The van der Waals surface area contributed by atoms with Gasteiger partial charge in [-0.2, -0.15) is 0 Å². The van der Waals surface area contributed by atoms with Gasteiger partial charge in [-0.05, 0) is 31.0 Å². The van der Waals surface area contributed by atoms with Gasteiger partial charge in [0.2, 0.25) is 0 Å². The van der Waals surface area contributed by atoms with Crippen LogP contribution < -0.4 is 5.73 Å². The number of benzene rings is 1. The SMILES string of the molecule is CC(N)Cc1cccc(F)c1.Cl. The lowest BCUT2D eigenvalue weighted by atomic mass is 10.1. The maximum absolute atomic E-state index is 12.6. The van der Waals surface area contributed by atoms with Crippen LogP contribution in [0.25, 0.3) is 0 Å². The Balaban J connectivity index is 0.00000121. The van der Waals surface area contributed by atoms with Gasteiger partial charge >= 0.3 is 0 Å². The van der Waals surface area contributed by atoms with Crippen LogP contribution >= 0.6 is 12.4 Å². The van der Waals surface area contributed by atoms with E-state index in [9.17, 15) is 4.39 Å². The van der Waals surface area contributed by atoms with Gasteiger partial charge in [-0.1, -0.05) is 12.1 Å². The summed E-state index contributed by atoms with van der Waals surface area (Å²) in [6, 6.07) is 6.63. The van der Waals surface area contributed by atoms with Gasteiger partial charge in [-0.25, -0.2) is 4.39 Å². The van der Waals surface area contributed by atoms with E-state index in [0.29, 0.717) is 0 Å². The van der Waals surface area contributed by atoms with Crippen LogP contribution in [0.15, 0.2) is 24.3 Å². The van der Waals surface area contributed by atoms with Gasteiger partial charge in [0.1, 0.15) is 5.82 Å². The van der Waals surface area contributed by atoms with Gasteiger partial charge in [0.25, 0.3) is 0 Å². The van der Waals surface area contributed by atoms with Crippen molar-refractivity contribution in [1.29, 1.82) is 0 Å². The highest BCUT2D eigenvalue weighted by Gasteiger charge is 1.97. The van der Waals surface area contributed by atoms with E-state index >= 15 is 0 Å². The van der Waals surface area contributed by atoms with Crippen molar-refractivity contribution >= 4 is 12.4 Å². The molecule has 1 rings (SSSR count). The molecule has 2 N–H and O–H groups in total. The van der Waals surface area contributed by atoms with E-state index in [-0.39, 0.29) is 24.3 Å². The summed E-state index contributed by atoms with van der Waals surface area (Å²) in [7, 11) is 0. The molecule has 0 radical (unpaired) electrons. The summed E-state index contributed by atoms with van der Waals surface area (Å²) in [5.74, 6) is -0.192. The van der Waals surface area contributed by atoms with Crippen molar-refractivity contribution in [2.75, 3.05) is 0 Å². The molecule has 0 bridgehead atoms. The van der Waals surface area contributed by atoms with Crippen LogP contribution in [0, 0.1) is 5.82 Å². The van der Waals surface area contributed by atoms with Crippen LogP contribution in [0.2, 0.25) is 0 Å². The Labute approximate surface area is 78.2 Å². The largest absolute Gasteiger partial charge is 0.328 e. The Morgan fingerprint density at radius 1 is 1.50 bits per heavy atom. The van der Waals surface area contributed by atoms with E-state index in [4.69, 9.17) is 5.73 Å². The summed E-state index contributed by atoms with van der Waals surface area (Å²) in [6.07, 6.45) is 0.734. The van der Waals surface area contributed by atoms with Crippen molar-refractivity contribution in [1.82, 2.24) is 0 Å². The van der Waals surface area contributed by atoms with E-state index in [1.165, 1.54) is 12.1 Å². The summed E-state index contributed by atoms with van der Waals surface area (Å²) in [6.45, 7) is 1.91. The van der Waals surface area contributed by atoms with Crippen molar-refractivity contribution in [2.45, 2.75) is 19.4 Å². The Hall–Kier alpha value is -0.600. The lowest BCUT2D eigenvalue weighted by molar-refractivity contribution is 0.623. The molecule has 3 heteroatoms. The molecule has 68 valence electrons. The third-order valence-electron chi connectivity index (χ3n) is 1.45. The average molecular weight is 190 g/mol. The van der Waals surface area contributed by atoms with Crippen LogP contribution in [0.5, 0.6) is 0 Å². The smallest absolute Gasteiger partial charge is 0.123 e. The zero-order chi connectivity index (χ0) is 8.27. The van der Waals surface area contributed by atoms with Crippen molar-refractivity contribution in [2.24, 2.45) is 5.73 Å². The average Bonchev–Trinajstić information content (AvgIpc) is 1.85. The molecule has 0 aliphatic carbocycles. The maximum atomic E-state index is 12.6. The van der Waals surface area contributed by atoms with Crippen LogP contribution in [0.1, 0.15) is 12.5 Å². The fourth-order valence-electron chi connectivity index (χ4n) is 1.04. The molecule has 1 nitrogen and oxygen atoms in total. The minimum Gasteiger partial charge on any atom is -0.328 e. The predicted octanol–water partition coefficient (Wildman–Crippen LogP) is 2.14. The molecule has 0 aliphatic heterocycles. The first kappa shape index (κ1) is 11.4. The summed E-state index contributed by atoms with van der Waals surface area (Å²) in [4.78, 5) is 0. The molecule has 0 saturated heterocycles. The zero-order valence-corrected chi connectivity index (χ0v) is 7.77. The quantitative estimate of drug-likeness (QED) is 0.758. The normalized spacial score (nSPS) is 11.9. The van der Waals surface area contributed by atoms with Crippen LogP contribution in [-0.2, 0) is 6.42 Å². The van der Waals surface area contributed by atoms with Crippen LogP contribution in [0.3, 0.4) is 0 Å². The second-order valence-electron chi connectivity index (χ2n) is 2.81. The van der Waals surface area contributed by atoms with E-state index in [1.54, 1.807) is 6.07 Å². The number of halogens is 2. The molecule has 0 aliphatic rings. The number of nitrogens with two attached hydrogens (primary N) is 1. The molecule has 1 aromatic carbocycles. The molecular weight excluding hydrogens is 177 g/mol. The minimum absolute atomic E-state index is 0. The van der Waals surface area contributed by atoms with E-state index in [0.717, 1.165) is 12.0 Å². The highest BCUT2D eigenvalue weighted by molar-refractivity contribution is 5.85. The van der Waals surface area contributed by atoms with Gasteiger partial charge < -0.3 is 5.73 Å². The number of hydrogen-bond donors (Lipinski definition) is 1. The Morgan fingerprint density at radius 2 is 2.17 bits per heavy atom. The van der Waals surface area contributed by atoms with Gasteiger partial charge in [-0.15, -0.1) is 12.4 Å². The van der Waals surface area contributed by atoms with Gasteiger partial charge in [0.05, 0.1) is 0 Å². The Bertz CT molecular complexity index is 238. The lowest BCUT2D eigenvalue weighted by Crippen LogP contribution is -2.17. The van der Waals surface area contributed by atoms with Crippen LogP contribution in [-0.4, -0.2) is 6.04 Å². The molecule has 0 spiro atoms. The second-order valence-corrected chi connectivity index (χ2v) is 2.81. The van der Waals surface area contributed by atoms with Crippen LogP contribution in [0.4, 0.5) is 4.39 Å². The van der Waals surface area contributed by atoms with Crippen molar-refractivity contribution in [3.05, 3.63) is 35.6 Å². The van der Waals surface area contributed by atoms with Crippen molar-refractivity contribution in [3.8, 4) is 0 Å². The number of hydrogen-bond acceptors (Lipinski definition) is 1. The van der Waals surface area contributed by atoms with Gasteiger partial charge in [0, 0.05) is 6.04 Å². The molecule has 1 aromatic rings. The van der Waals surface area contributed by atoms with E-state index < -0.39 is 0 Å². The lowest BCUT2D eigenvalue weighted by Gasteiger charge is -2.03. The molecule has 1 atom stereocenters. The Kier molecular flexibility index (Phi) is 4.86. The first-order valence-electron chi connectivity index (χ1n) is 3.68. The molecular formula is C9H13ClFN. The molecule has 0 saturated carbocycles. The third kappa shape index (κ3) is 3.69. The summed E-state index contributed by atoms with van der Waals surface area (Å²) in [5, 5.41) is 0. The topological polar surface area (TPSA) is 26.0 Å². The van der Waals surface area contributed by atoms with E-state index in [1.807, 2.05) is 13.0 Å². The first-order chi connectivity index (χ1) is 5.18. The summed E-state index contributed by atoms with van der Waals surface area (Å²) >= 11 is 0. The zero-order valence-electron chi connectivity index (χ0n) is 6.96. The molecule has 0 fully saturated rings. The molecule has 0 aromatic heterocycles. The van der Waals surface area contributed by atoms with Crippen molar-refractivity contribution in [3.63, 3.8) is 0 Å². The highest BCUT2D eigenvalue weighted by atomic mass is 35.5. The van der Waals surface area contributed by atoms with Crippen molar-refractivity contribution < 1.29 is 4.39 Å². The monoisotopic (exact) mass is 189 g/mol. The summed E-state index contributed by atoms with van der Waals surface area (Å²) < 4.78 is 12.6. The minimum atomic E-state index is -0.192. The Morgan fingerprint density at radius 3 is 2.67 bits per heavy atom. The predicted molar refractivity (Wildman–Crippen MR) is 51.0 cm³/mol. The molecule has 0 amide bonds. The first-order valence-corrected chi connectivity index (χ1v) is 3.68. The fourth-order valence-corrected chi connectivity index (χ4v) is 1.04. The van der Waals surface area contributed by atoms with Gasteiger partial charge in [-0.3, -0.25) is 0 Å². The number of rotatable bonds is 2. The summed E-state index contributed by atoms with van der Waals surface area (Å²) in [5.41, 5.74) is 6.51. The maximum Gasteiger partial charge on any atom is 0.123 e. The molecule has 1 unspecified atom stereocenters. The molecule has 0 heterocycles.